The maximum atomic E-state index is 13.2. The van der Waals surface area contributed by atoms with E-state index in [1.54, 1.807) is 0 Å². The summed E-state index contributed by atoms with van der Waals surface area (Å²) in [6.45, 7) is 3.40. The monoisotopic (exact) mass is 992 g/mol. The van der Waals surface area contributed by atoms with E-state index < -0.39 is 74.2 Å². The SMILES string of the molecule is CCCC/C=C/CC/C=C/CC/C=C/CCCC(O)C(O)C(COC1OC(CO)C(O)C(O)C1O)NC(=O)C(O)CCCCCCCCCCCCCC/C=C\CCCCCCCCCCCCCC. The first-order valence-electron chi connectivity index (χ1n) is 29.0. The van der Waals surface area contributed by atoms with Crippen molar-refractivity contribution < 1.29 is 50.0 Å². The Hall–Kier alpha value is -1.93. The summed E-state index contributed by atoms with van der Waals surface area (Å²) < 4.78 is 11.1. The van der Waals surface area contributed by atoms with Crippen molar-refractivity contribution in [1.29, 1.82) is 0 Å². The summed E-state index contributed by atoms with van der Waals surface area (Å²) in [4.78, 5) is 13.2. The minimum absolute atomic E-state index is 0.240. The van der Waals surface area contributed by atoms with Crippen molar-refractivity contribution in [1.82, 2.24) is 5.32 Å². The Kier molecular flexibility index (Phi) is 45.3. The summed E-state index contributed by atoms with van der Waals surface area (Å²) in [6.07, 6.45) is 48.9. The van der Waals surface area contributed by atoms with Crippen molar-refractivity contribution in [2.45, 2.75) is 306 Å². The topological polar surface area (TPSA) is 189 Å². The molecule has 11 heteroatoms. The summed E-state index contributed by atoms with van der Waals surface area (Å²) in [7, 11) is 0. The van der Waals surface area contributed by atoms with Crippen LogP contribution >= 0.6 is 0 Å². The second-order valence-corrected chi connectivity index (χ2v) is 20.3. The molecule has 1 saturated heterocycles. The maximum Gasteiger partial charge on any atom is 0.249 e. The highest BCUT2D eigenvalue weighted by molar-refractivity contribution is 5.80. The molecule has 0 saturated carbocycles. The third-order valence-corrected chi connectivity index (χ3v) is 13.8. The second kappa shape index (κ2) is 48.0. The number of carbonyl (C=O) groups excluding carboxylic acids is 1. The molecule has 1 amide bonds. The molecule has 9 unspecified atom stereocenters. The van der Waals surface area contributed by atoms with Crippen LogP contribution in [0.2, 0.25) is 0 Å². The van der Waals surface area contributed by atoms with Crippen LogP contribution < -0.4 is 5.32 Å². The number of allylic oxidation sites excluding steroid dienone is 8. The van der Waals surface area contributed by atoms with Crippen LogP contribution in [0.15, 0.2) is 48.6 Å². The van der Waals surface area contributed by atoms with Gasteiger partial charge in [-0.05, 0) is 83.5 Å². The average molecular weight is 993 g/mol. The van der Waals surface area contributed by atoms with Gasteiger partial charge in [0.15, 0.2) is 6.29 Å². The first kappa shape index (κ1) is 66.1. The van der Waals surface area contributed by atoms with Crippen LogP contribution in [0.4, 0.5) is 0 Å². The van der Waals surface area contributed by atoms with Gasteiger partial charge in [0.25, 0.3) is 0 Å². The number of rotatable bonds is 49. The van der Waals surface area contributed by atoms with Crippen molar-refractivity contribution >= 4 is 5.91 Å². The number of aliphatic hydroxyl groups excluding tert-OH is 7. The van der Waals surface area contributed by atoms with Crippen LogP contribution in [-0.2, 0) is 14.3 Å². The highest BCUT2D eigenvalue weighted by Gasteiger charge is 2.44. The minimum atomic E-state index is -1.67. The molecule has 70 heavy (non-hydrogen) atoms. The van der Waals surface area contributed by atoms with E-state index in [2.05, 4.69) is 67.8 Å². The lowest BCUT2D eigenvalue weighted by molar-refractivity contribution is -0.303. The van der Waals surface area contributed by atoms with Gasteiger partial charge in [0.1, 0.15) is 36.6 Å². The van der Waals surface area contributed by atoms with Gasteiger partial charge in [0.05, 0.1) is 25.4 Å². The van der Waals surface area contributed by atoms with E-state index in [0.29, 0.717) is 19.3 Å². The van der Waals surface area contributed by atoms with Gasteiger partial charge in [-0.1, -0.05) is 217 Å². The molecule has 0 bridgehead atoms. The molecule has 1 aliphatic rings. The molecular weight excluding hydrogens is 883 g/mol. The Bertz CT molecular complexity index is 1280. The zero-order chi connectivity index (χ0) is 51.1. The highest BCUT2D eigenvalue weighted by atomic mass is 16.7. The molecule has 0 aromatic carbocycles. The Labute approximate surface area is 428 Å². The van der Waals surface area contributed by atoms with Gasteiger partial charge in [0.2, 0.25) is 5.91 Å². The van der Waals surface area contributed by atoms with E-state index in [1.807, 2.05) is 0 Å². The largest absolute Gasteiger partial charge is 0.394 e. The summed E-state index contributed by atoms with van der Waals surface area (Å²) in [5.74, 6) is -0.712. The molecule has 8 N–H and O–H groups in total. The number of hydrogen-bond donors (Lipinski definition) is 8. The molecule has 1 fully saturated rings. The van der Waals surface area contributed by atoms with Gasteiger partial charge in [-0.2, -0.15) is 0 Å². The molecule has 0 aromatic heterocycles. The molecule has 1 rings (SSSR count). The molecular formula is C59H109NO10. The van der Waals surface area contributed by atoms with Crippen molar-refractivity contribution in [2.75, 3.05) is 13.2 Å². The van der Waals surface area contributed by atoms with Gasteiger partial charge in [-0.15, -0.1) is 0 Å². The summed E-state index contributed by atoms with van der Waals surface area (Å²) in [5, 5.41) is 76.0. The third-order valence-electron chi connectivity index (χ3n) is 13.8. The number of carbonyl (C=O) groups is 1. The predicted molar refractivity (Wildman–Crippen MR) is 288 cm³/mol. The molecule has 0 spiro atoms. The fourth-order valence-corrected chi connectivity index (χ4v) is 9.04. The van der Waals surface area contributed by atoms with Crippen LogP contribution in [0.5, 0.6) is 0 Å². The Morgan fingerprint density at radius 3 is 1.31 bits per heavy atom. The van der Waals surface area contributed by atoms with Gasteiger partial charge in [0, 0.05) is 0 Å². The molecule has 9 atom stereocenters. The van der Waals surface area contributed by atoms with Crippen molar-refractivity contribution in [3.05, 3.63) is 48.6 Å². The fraction of sp³-hybridized carbons (Fsp3) is 0.847. The van der Waals surface area contributed by atoms with Crippen LogP contribution in [-0.4, -0.2) is 110 Å². The molecule has 0 aliphatic carbocycles. The highest BCUT2D eigenvalue weighted by Crippen LogP contribution is 2.23. The number of aliphatic hydroxyl groups is 7. The summed E-state index contributed by atoms with van der Waals surface area (Å²) in [5.41, 5.74) is 0. The Balaban J connectivity index is 2.28. The minimum Gasteiger partial charge on any atom is -0.394 e. The van der Waals surface area contributed by atoms with Gasteiger partial charge in [-0.3, -0.25) is 4.79 Å². The fourth-order valence-electron chi connectivity index (χ4n) is 9.04. The number of ether oxygens (including phenoxy) is 2. The summed E-state index contributed by atoms with van der Waals surface area (Å²) >= 11 is 0. The van der Waals surface area contributed by atoms with E-state index in [9.17, 15) is 40.5 Å². The lowest BCUT2D eigenvalue weighted by atomic mass is 9.98. The van der Waals surface area contributed by atoms with Gasteiger partial charge < -0.3 is 50.5 Å². The molecule has 11 nitrogen and oxygen atoms in total. The number of amides is 1. The molecule has 0 aromatic rings. The maximum absolute atomic E-state index is 13.2. The average Bonchev–Trinajstić information content (AvgIpc) is 3.36. The normalized spacial score (nSPS) is 20.6. The number of nitrogens with one attached hydrogen (secondary N) is 1. The smallest absolute Gasteiger partial charge is 0.249 e. The molecule has 0 radical (unpaired) electrons. The quantitative estimate of drug-likeness (QED) is 0.0215. The van der Waals surface area contributed by atoms with E-state index >= 15 is 0 Å². The lowest BCUT2D eigenvalue weighted by Gasteiger charge is -2.40. The zero-order valence-corrected chi connectivity index (χ0v) is 44.7. The first-order chi connectivity index (χ1) is 34.2. The second-order valence-electron chi connectivity index (χ2n) is 20.3. The molecule has 1 heterocycles. The van der Waals surface area contributed by atoms with Gasteiger partial charge in [-0.25, -0.2) is 0 Å². The Morgan fingerprint density at radius 1 is 0.486 bits per heavy atom. The summed E-state index contributed by atoms with van der Waals surface area (Å²) in [6, 6.07) is -1.19. The van der Waals surface area contributed by atoms with E-state index in [4.69, 9.17) is 9.47 Å². The number of unbranched alkanes of at least 4 members (excludes halogenated alkanes) is 29. The third kappa shape index (κ3) is 36.1. The van der Waals surface area contributed by atoms with E-state index in [1.165, 1.54) is 154 Å². The molecule has 410 valence electrons. The van der Waals surface area contributed by atoms with Crippen molar-refractivity contribution in [3.8, 4) is 0 Å². The zero-order valence-electron chi connectivity index (χ0n) is 44.7. The predicted octanol–water partition coefficient (Wildman–Crippen LogP) is 12.1. The first-order valence-corrected chi connectivity index (χ1v) is 29.0. The Morgan fingerprint density at radius 2 is 0.871 bits per heavy atom. The van der Waals surface area contributed by atoms with Crippen LogP contribution in [0.25, 0.3) is 0 Å². The molecule has 1 aliphatic heterocycles. The number of hydrogen-bond acceptors (Lipinski definition) is 10. The van der Waals surface area contributed by atoms with Crippen molar-refractivity contribution in [3.63, 3.8) is 0 Å². The van der Waals surface area contributed by atoms with Crippen LogP contribution in [0.3, 0.4) is 0 Å². The van der Waals surface area contributed by atoms with Crippen LogP contribution in [0.1, 0.15) is 251 Å². The van der Waals surface area contributed by atoms with Crippen molar-refractivity contribution in [2.24, 2.45) is 0 Å². The van der Waals surface area contributed by atoms with Gasteiger partial charge >= 0.3 is 0 Å². The standard InChI is InChI=1S/C59H109NO10/c1-3-5-7-9-11-13-15-17-19-20-21-22-23-24-25-26-27-28-29-30-31-33-35-37-39-41-43-45-47-52(63)58(68)60-50(49-69-59-57(67)56(66)55(65)53(48-61)70-59)54(64)51(62)46-44-42-40-38-36-34-32-18-16-14-12-10-8-6-4-2/h10,12,18,24-25,32,38,40,50-57,59,61-67H,3-9,11,13-17,19-23,26-31,33-37,39,41-49H2,1-2H3,(H,60,68)/b12-10+,25-24-,32-18+,40-38+. The van der Waals surface area contributed by atoms with E-state index in [0.717, 1.165) is 51.4 Å². The van der Waals surface area contributed by atoms with E-state index in [-0.39, 0.29) is 12.8 Å². The lowest BCUT2D eigenvalue weighted by Crippen LogP contribution is -2.60. The van der Waals surface area contributed by atoms with Crippen LogP contribution in [0, 0.1) is 0 Å².